The normalized spacial score (nSPS) is 40.6. The number of aldehydes is 3. The Hall–Kier alpha value is -3.75. The highest BCUT2D eigenvalue weighted by molar-refractivity contribution is 6.38. The van der Waals surface area contributed by atoms with Gasteiger partial charge in [-0.05, 0) is 12.8 Å². The monoisotopic (exact) mass is 1000 g/mol. The lowest BCUT2D eigenvalue weighted by atomic mass is 9.67. The average Bonchev–Trinajstić information content (AvgIpc) is 3.33. The average molecular weight is 1000 g/mol. The third-order valence-electron chi connectivity index (χ3n) is 12.3. The number of hydrogen-bond acceptors (Lipinski definition) is 28. The molecule has 4 amide bonds. The lowest BCUT2D eigenvalue weighted by molar-refractivity contribution is -0.355. The molecule has 0 spiro atoms. The van der Waals surface area contributed by atoms with Gasteiger partial charge in [-0.2, -0.15) is 0 Å². The molecule has 69 heavy (non-hydrogen) atoms. The second-order valence-corrected chi connectivity index (χ2v) is 16.7. The van der Waals surface area contributed by atoms with Crippen LogP contribution in [-0.2, 0) is 57.2 Å². The van der Waals surface area contributed by atoms with Crippen LogP contribution in [-0.4, -0.2) is 286 Å². The number of unbranched alkanes of at least 4 members (excludes halogenated alkanes) is 2. The Balaban J connectivity index is 1.61. The van der Waals surface area contributed by atoms with Crippen LogP contribution in [0.5, 0.6) is 0 Å². The molecule has 0 aromatic heterocycles. The minimum Gasteiger partial charge on any atom is -0.394 e. The summed E-state index contributed by atoms with van der Waals surface area (Å²) in [4.78, 5) is 84.7. The summed E-state index contributed by atoms with van der Waals surface area (Å²) in [6.07, 6.45) is -44.4. The van der Waals surface area contributed by atoms with E-state index in [0.717, 1.165) is 0 Å². The molecular formula is C38H60N4O27. The van der Waals surface area contributed by atoms with Crippen molar-refractivity contribution in [2.75, 3.05) is 32.9 Å². The van der Waals surface area contributed by atoms with Gasteiger partial charge < -0.3 is 121 Å². The van der Waals surface area contributed by atoms with Gasteiger partial charge in [0.25, 0.3) is 0 Å². The molecule has 0 saturated carbocycles. The van der Waals surface area contributed by atoms with Gasteiger partial charge in [0.2, 0.25) is 11.8 Å². The van der Waals surface area contributed by atoms with Crippen LogP contribution in [0.3, 0.4) is 0 Å². The van der Waals surface area contributed by atoms with Gasteiger partial charge in [0.1, 0.15) is 128 Å². The van der Waals surface area contributed by atoms with Crippen molar-refractivity contribution >= 4 is 42.5 Å². The van der Waals surface area contributed by atoms with E-state index in [1.54, 1.807) is 5.32 Å². The van der Waals surface area contributed by atoms with Gasteiger partial charge in [0.15, 0.2) is 24.4 Å². The molecule has 4 aliphatic heterocycles. The summed E-state index contributed by atoms with van der Waals surface area (Å²) >= 11 is 0. The van der Waals surface area contributed by atoms with Crippen LogP contribution >= 0.6 is 0 Å². The first-order valence-electron chi connectivity index (χ1n) is 21.4. The van der Waals surface area contributed by atoms with Gasteiger partial charge in [0.05, 0.1) is 26.4 Å². The molecule has 0 radical (unpaired) electrons. The van der Waals surface area contributed by atoms with E-state index in [2.05, 4.69) is 5.32 Å². The van der Waals surface area contributed by atoms with Gasteiger partial charge in [-0.25, -0.2) is 0 Å². The Morgan fingerprint density at radius 2 is 1.19 bits per heavy atom. The fourth-order valence-corrected chi connectivity index (χ4v) is 8.35. The van der Waals surface area contributed by atoms with Crippen LogP contribution in [0.25, 0.3) is 0 Å². The molecule has 31 nitrogen and oxygen atoms in total. The number of aliphatic hydroxyl groups is 15. The lowest BCUT2D eigenvalue weighted by Gasteiger charge is -2.59. The molecule has 0 aromatic carbocycles. The first-order valence-corrected chi connectivity index (χ1v) is 21.4. The van der Waals surface area contributed by atoms with E-state index < -0.39 is 190 Å². The summed E-state index contributed by atoms with van der Waals surface area (Å²) in [5.74, 6) is -5.00. The Labute approximate surface area is 389 Å². The summed E-state index contributed by atoms with van der Waals surface area (Å²) in [5.41, 5.74) is -6.52. The van der Waals surface area contributed by atoms with Crippen LogP contribution in [0, 0.1) is 0 Å². The van der Waals surface area contributed by atoms with Crippen molar-refractivity contribution in [3.8, 4) is 0 Å². The summed E-state index contributed by atoms with van der Waals surface area (Å²) < 4.78 is 27.7. The molecule has 4 fully saturated rings. The molecule has 2 unspecified atom stereocenters. The largest absolute Gasteiger partial charge is 0.394 e. The summed E-state index contributed by atoms with van der Waals surface area (Å²) in [6.45, 7) is -5.64. The SMILES string of the molecule is O=CCCCCC(=O)NC(=O)C(=O)NCC(=O)NC(C=O)O[C@@H]1O[C@@H](CNC(C=O)([C@H]2O[C@H](CO)[C@@H](O)[C@H](O)[C@@H]2O)[C@H]2O[C@H](CO)[C@@H](O)[C@@](O)([C@H]3O[C@H](CO)[C@@H](O)[C@H](O)[C@@H]3O)[C@@H]2O)[C@@H](O)[C@@H](O)[C@@H]1O. The highest BCUT2D eigenvalue weighted by Crippen LogP contribution is 2.44. The molecule has 394 valence electrons. The third-order valence-corrected chi connectivity index (χ3v) is 12.3. The van der Waals surface area contributed by atoms with Crippen LogP contribution in [0.1, 0.15) is 25.7 Å². The van der Waals surface area contributed by atoms with E-state index in [4.69, 9.17) is 23.7 Å². The minimum atomic E-state index is -3.43. The molecule has 4 heterocycles. The molecule has 4 rings (SSSR count). The van der Waals surface area contributed by atoms with Gasteiger partial charge in [-0.3, -0.25) is 34.6 Å². The standard InChI is InChI=1S/C38H60N4O27/c43-5-3-1-2-4-17(49)42-35(63)34(62)39-7-18(50)41-19(11-47)69-36-28(59)25(56)20(51)13(68-36)6-40-37(12-48,31-26(57)23(54)21(52)14(8-44)65-31)33-30(61)38(64,29(60)16(10-46)67-33)32-27(58)24(55)22(53)15(9-45)66-32/h5,11-16,19-33,36,40,44-46,51-61,64H,1-4,6-10H2,(H,39,62)(H,41,50)(H,42,49,63)/t13-,14+,15+,16+,19?,20+,21+,22+,23-,24-,25+,26-,27-,28-,29+,30+,31-,32-,33-,36-,37?,38-/m0/s1. The second kappa shape index (κ2) is 25.1. The molecule has 19 N–H and O–H groups in total. The predicted molar refractivity (Wildman–Crippen MR) is 213 cm³/mol. The van der Waals surface area contributed by atoms with Crippen LogP contribution in [0.4, 0.5) is 0 Å². The van der Waals surface area contributed by atoms with Gasteiger partial charge in [-0.15, -0.1) is 0 Å². The summed E-state index contributed by atoms with van der Waals surface area (Å²) in [6, 6.07) is 0. The van der Waals surface area contributed by atoms with E-state index in [1.807, 2.05) is 10.6 Å². The van der Waals surface area contributed by atoms with Crippen molar-refractivity contribution in [2.45, 2.75) is 159 Å². The van der Waals surface area contributed by atoms with Gasteiger partial charge >= 0.3 is 11.8 Å². The zero-order valence-corrected chi connectivity index (χ0v) is 36.3. The predicted octanol–water partition coefficient (Wildman–Crippen LogP) is -13.6. The maximum absolute atomic E-state index is 13.7. The molecule has 22 atom stereocenters. The Bertz CT molecular complexity index is 1770. The number of amides is 4. The highest BCUT2D eigenvalue weighted by Gasteiger charge is 2.69. The maximum atomic E-state index is 13.7. The molecule has 4 aliphatic rings. The number of rotatable bonds is 21. The first kappa shape index (κ1) is 57.8. The quantitative estimate of drug-likeness (QED) is 0.0220. The number of carbonyl (C=O) groups is 7. The summed E-state index contributed by atoms with van der Waals surface area (Å²) in [5, 5.41) is 171. The number of hydrogen-bond donors (Lipinski definition) is 19. The number of nitrogens with one attached hydrogen (secondary N) is 4. The highest BCUT2D eigenvalue weighted by atomic mass is 16.7. The van der Waals surface area contributed by atoms with Crippen LogP contribution in [0.15, 0.2) is 0 Å². The Kier molecular flexibility index (Phi) is 21.0. The van der Waals surface area contributed by atoms with E-state index in [1.165, 1.54) is 0 Å². The molecule has 31 heteroatoms. The molecule has 0 aromatic rings. The third kappa shape index (κ3) is 12.3. The first-order chi connectivity index (χ1) is 32.5. The van der Waals surface area contributed by atoms with Gasteiger partial charge in [0, 0.05) is 19.4 Å². The van der Waals surface area contributed by atoms with Crippen molar-refractivity contribution in [3.63, 3.8) is 0 Å². The number of ether oxygens (including phenoxy) is 5. The zero-order valence-electron chi connectivity index (χ0n) is 36.3. The van der Waals surface area contributed by atoms with Gasteiger partial charge in [-0.1, -0.05) is 0 Å². The van der Waals surface area contributed by atoms with Crippen molar-refractivity contribution in [2.24, 2.45) is 0 Å². The topological polar surface area (TPSA) is 517 Å². The van der Waals surface area contributed by atoms with E-state index in [-0.39, 0.29) is 31.8 Å². The molecule has 4 saturated heterocycles. The zero-order chi connectivity index (χ0) is 51.7. The fraction of sp³-hybridized carbons (Fsp3) is 0.816. The number of aliphatic hydroxyl groups excluding tert-OH is 14. The number of imide groups is 1. The molecule has 0 bridgehead atoms. The van der Waals surface area contributed by atoms with Crippen LogP contribution in [0.2, 0.25) is 0 Å². The van der Waals surface area contributed by atoms with Crippen molar-refractivity contribution in [1.29, 1.82) is 0 Å². The maximum Gasteiger partial charge on any atom is 0.315 e. The molecular weight excluding hydrogens is 944 g/mol. The molecule has 0 aliphatic carbocycles. The van der Waals surface area contributed by atoms with Crippen LogP contribution < -0.4 is 21.3 Å². The number of carbonyl (C=O) groups excluding carboxylic acids is 7. The second-order valence-electron chi connectivity index (χ2n) is 16.7. The fourth-order valence-electron chi connectivity index (χ4n) is 8.35. The van der Waals surface area contributed by atoms with Crippen molar-refractivity contribution < 1.29 is 134 Å². The minimum absolute atomic E-state index is 0.0859. The summed E-state index contributed by atoms with van der Waals surface area (Å²) in [7, 11) is 0. The lowest BCUT2D eigenvalue weighted by Crippen LogP contribution is -2.83. The van der Waals surface area contributed by atoms with E-state index in [9.17, 15) is 110 Å². The van der Waals surface area contributed by atoms with Crippen molar-refractivity contribution in [3.05, 3.63) is 0 Å². The van der Waals surface area contributed by atoms with E-state index >= 15 is 0 Å². The Morgan fingerprint density at radius 1 is 0.623 bits per heavy atom. The Morgan fingerprint density at radius 3 is 1.77 bits per heavy atom. The van der Waals surface area contributed by atoms with E-state index in [0.29, 0.717) is 12.7 Å². The smallest absolute Gasteiger partial charge is 0.315 e. The van der Waals surface area contributed by atoms with Crippen molar-refractivity contribution in [1.82, 2.24) is 21.3 Å².